The highest BCUT2D eigenvalue weighted by Gasteiger charge is 2.09. The number of nitrogens with two attached hydrogens (primary N) is 1. The Kier molecular flexibility index (Phi) is 1.97. The van der Waals surface area contributed by atoms with Gasteiger partial charge in [0.1, 0.15) is 5.75 Å². The molecule has 0 fully saturated rings. The number of hydrogen-bond donors (Lipinski definition) is 2. The largest absolute Gasteiger partial charge is 0.508 e. The molecule has 0 spiro atoms. The van der Waals surface area contributed by atoms with Gasteiger partial charge in [0.05, 0.1) is 5.02 Å². The number of nitrogen functional groups attached to an aromatic ring is 1. The number of benzene rings is 2. The zero-order valence-corrected chi connectivity index (χ0v) is 7.85. The van der Waals surface area contributed by atoms with Crippen molar-refractivity contribution in [2.24, 2.45) is 0 Å². The van der Waals surface area contributed by atoms with Gasteiger partial charge in [0.2, 0.25) is 0 Å². The Morgan fingerprint density at radius 2 is 2.00 bits per heavy atom. The molecule has 0 heterocycles. The van der Waals surface area contributed by atoms with Crippen LogP contribution in [0, 0.1) is 5.82 Å². The minimum atomic E-state index is -0.554. The molecule has 14 heavy (non-hydrogen) atoms. The molecule has 0 aliphatic carbocycles. The summed E-state index contributed by atoms with van der Waals surface area (Å²) in [4.78, 5) is 0. The van der Waals surface area contributed by atoms with E-state index in [4.69, 9.17) is 17.3 Å². The van der Waals surface area contributed by atoms with Crippen molar-refractivity contribution in [3.8, 4) is 5.75 Å². The molecule has 0 radical (unpaired) electrons. The van der Waals surface area contributed by atoms with E-state index in [-0.39, 0.29) is 21.8 Å². The third-order valence-corrected chi connectivity index (χ3v) is 2.31. The second kappa shape index (κ2) is 3.03. The van der Waals surface area contributed by atoms with Crippen LogP contribution in [0.15, 0.2) is 24.3 Å². The Morgan fingerprint density at radius 1 is 1.29 bits per heavy atom. The van der Waals surface area contributed by atoms with Crippen LogP contribution in [-0.4, -0.2) is 5.11 Å². The number of halogens is 2. The summed E-state index contributed by atoms with van der Waals surface area (Å²) in [7, 11) is 0. The zero-order valence-electron chi connectivity index (χ0n) is 7.09. The van der Waals surface area contributed by atoms with Crippen molar-refractivity contribution in [1.29, 1.82) is 0 Å². The van der Waals surface area contributed by atoms with Gasteiger partial charge < -0.3 is 10.8 Å². The van der Waals surface area contributed by atoms with Crippen LogP contribution in [0.1, 0.15) is 0 Å². The lowest BCUT2D eigenvalue weighted by atomic mass is 10.1. The van der Waals surface area contributed by atoms with E-state index < -0.39 is 5.82 Å². The van der Waals surface area contributed by atoms with Gasteiger partial charge in [-0.2, -0.15) is 0 Å². The lowest BCUT2D eigenvalue weighted by molar-refractivity contribution is 0.476. The van der Waals surface area contributed by atoms with E-state index in [1.807, 2.05) is 0 Å². The number of rotatable bonds is 0. The Hall–Kier alpha value is -1.48. The number of phenolic OH excluding ortho intramolecular Hbond substituents is 1. The predicted molar refractivity (Wildman–Crippen MR) is 55.0 cm³/mol. The van der Waals surface area contributed by atoms with Gasteiger partial charge in [-0.3, -0.25) is 0 Å². The third-order valence-electron chi connectivity index (χ3n) is 2.02. The molecule has 0 aliphatic heterocycles. The predicted octanol–water partition coefficient (Wildman–Crippen LogP) is 2.92. The Labute approximate surface area is 84.7 Å². The molecule has 2 rings (SSSR count). The number of hydrogen-bond acceptors (Lipinski definition) is 2. The minimum absolute atomic E-state index is 0.0109. The van der Waals surface area contributed by atoms with Gasteiger partial charge in [-0.25, -0.2) is 4.39 Å². The van der Waals surface area contributed by atoms with Gasteiger partial charge in [-0.1, -0.05) is 17.7 Å². The average molecular weight is 212 g/mol. The van der Waals surface area contributed by atoms with Crippen LogP contribution >= 0.6 is 11.6 Å². The first-order chi connectivity index (χ1) is 6.59. The Balaban J connectivity index is 2.95. The van der Waals surface area contributed by atoms with Crippen LogP contribution in [0.4, 0.5) is 10.1 Å². The summed E-state index contributed by atoms with van der Waals surface area (Å²) in [5.41, 5.74) is 5.75. The van der Waals surface area contributed by atoms with Crippen molar-refractivity contribution in [3.63, 3.8) is 0 Å². The molecule has 3 N–H and O–H groups in total. The SMILES string of the molecule is Nc1cc(O)cc2ccc(Cl)c(F)c12. The van der Waals surface area contributed by atoms with E-state index in [1.165, 1.54) is 18.2 Å². The van der Waals surface area contributed by atoms with E-state index in [0.717, 1.165) is 0 Å². The first kappa shape index (κ1) is 9.09. The molecule has 0 amide bonds. The van der Waals surface area contributed by atoms with Gasteiger partial charge in [0, 0.05) is 17.1 Å². The Bertz CT molecular complexity index is 513. The topological polar surface area (TPSA) is 46.2 Å². The molecule has 2 aromatic rings. The second-order valence-electron chi connectivity index (χ2n) is 2.99. The van der Waals surface area contributed by atoms with Crippen molar-refractivity contribution in [3.05, 3.63) is 35.1 Å². The molecule has 0 atom stereocenters. The van der Waals surface area contributed by atoms with E-state index in [1.54, 1.807) is 6.07 Å². The highest BCUT2D eigenvalue weighted by atomic mass is 35.5. The Morgan fingerprint density at radius 3 is 2.71 bits per heavy atom. The summed E-state index contributed by atoms with van der Waals surface area (Å²) in [6.07, 6.45) is 0. The normalized spacial score (nSPS) is 10.7. The van der Waals surface area contributed by atoms with Gasteiger partial charge in [-0.05, 0) is 17.5 Å². The summed E-state index contributed by atoms with van der Waals surface area (Å²) in [6, 6.07) is 5.77. The number of anilines is 1. The van der Waals surface area contributed by atoms with Gasteiger partial charge in [0.15, 0.2) is 5.82 Å². The molecule has 0 bridgehead atoms. The number of aromatic hydroxyl groups is 1. The molecule has 4 heteroatoms. The fourth-order valence-corrected chi connectivity index (χ4v) is 1.57. The third kappa shape index (κ3) is 1.26. The molecule has 0 unspecified atom stereocenters. The molecular weight excluding hydrogens is 205 g/mol. The second-order valence-corrected chi connectivity index (χ2v) is 3.40. The summed E-state index contributed by atoms with van der Waals surface area (Å²) < 4.78 is 13.5. The number of phenols is 1. The smallest absolute Gasteiger partial charge is 0.151 e. The summed E-state index contributed by atoms with van der Waals surface area (Å²) in [5, 5.41) is 10.0. The van der Waals surface area contributed by atoms with Crippen LogP contribution in [0.5, 0.6) is 5.75 Å². The van der Waals surface area contributed by atoms with Gasteiger partial charge in [-0.15, -0.1) is 0 Å². The van der Waals surface area contributed by atoms with Crippen LogP contribution < -0.4 is 5.73 Å². The lowest BCUT2D eigenvalue weighted by Gasteiger charge is -2.05. The summed E-state index contributed by atoms with van der Waals surface area (Å²) >= 11 is 5.61. The van der Waals surface area contributed by atoms with Gasteiger partial charge >= 0.3 is 0 Å². The summed E-state index contributed by atoms with van der Waals surface area (Å²) in [5.74, 6) is -0.543. The molecule has 0 aromatic heterocycles. The molecule has 0 aliphatic rings. The fraction of sp³-hybridized carbons (Fsp3) is 0. The minimum Gasteiger partial charge on any atom is -0.508 e. The molecule has 2 aromatic carbocycles. The maximum Gasteiger partial charge on any atom is 0.151 e. The maximum atomic E-state index is 13.5. The van der Waals surface area contributed by atoms with Crippen molar-refractivity contribution in [2.45, 2.75) is 0 Å². The van der Waals surface area contributed by atoms with Crippen LogP contribution in [0.25, 0.3) is 10.8 Å². The van der Waals surface area contributed by atoms with Crippen molar-refractivity contribution >= 4 is 28.1 Å². The first-order valence-electron chi connectivity index (χ1n) is 3.96. The van der Waals surface area contributed by atoms with Crippen LogP contribution in [-0.2, 0) is 0 Å². The molecule has 0 saturated heterocycles. The quantitative estimate of drug-likeness (QED) is 0.659. The maximum absolute atomic E-state index is 13.5. The standard InChI is InChI=1S/C10H7ClFNO/c11-7-2-1-5-3-6(14)4-8(13)9(5)10(7)12/h1-4,14H,13H2. The molecule has 72 valence electrons. The molecular formula is C10H7ClFNO. The van der Waals surface area contributed by atoms with Gasteiger partial charge in [0.25, 0.3) is 0 Å². The van der Waals surface area contributed by atoms with E-state index in [9.17, 15) is 9.50 Å². The summed E-state index contributed by atoms with van der Waals surface area (Å²) in [6.45, 7) is 0. The molecule has 2 nitrogen and oxygen atoms in total. The van der Waals surface area contributed by atoms with E-state index in [2.05, 4.69) is 0 Å². The highest BCUT2D eigenvalue weighted by molar-refractivity contribution is 6.31. The van der Waals surface area contributed by atoms with Crippen molar-refractivity contribution < 1.29 is 9.50 Å². The van der Waals surface area contributed by atoms with Crippen molar-refractivity contribution in [2.75, 3.05) is 5.73 Å². The van der Waals surface area contributed by atoms with E-state index in [0.29, 0.717) is 5.39 Å². The lowest BCUT2D eigenvalue weighted by Crippen LogP contribution is -1.90. The van der Waals surface area contributed by atoms with E-state index >= 15 is 0 Å². The highest BCUT2D eigenvalue weighted by Crippen LogP contribution is 2.31. The zero-order chi connectivity index (χ0) is 10.3. The number of fused-ring (bicyclic) bond motifs is 1. The molecule has 0 saturated carbocycles. The fourth-order valence-electron chi connectivity index (χ4n) is 1.41. The average Bonchev–Trinajstić information content (AvgIpc) is 2.10. The van der Waals surface area contributed by atoms with Crippen molar-refractivity contribution in [1.82, 2.24) is 0 Å². The monoisotopic (exact) mass is 211 g/mol. The first-order valence-corrected chi connectivity index (χ1v) is 4.33. The van der Waals surface area contributed by atoms with Crippen LogP contribution in [0.3, 0.4) is 0 Å². The van der Waals surface area contributed by atoms with Crippen LogP contribution in [0.2, 0.25) is 5.02 Å².